The van der Waals surface area contributed by atoms with Crippen LogP contribution in [0.1, 0.15) is 24.2 Å². The minimum Gasteiger partial charge on any atom is -0.497 e. The van der Waals surface area contributed by atoms with Crippen molar-refractivity contribution in [1.82, 2.24) is 9.55 Å². The van der Waals surface area contributed by atoms with E-state index >= 15 is 0 Å². The number of imidazole rings is 1. The number of thioether (sulfide) groups is 1. The highest BCUT2D eigenvalue weighted by atomic mass is 32.2. The lowest BCUT2D eigenvalue weighted by Gasteiger charge is -2.42. The number of rotatable bonds is 4. The SMILES string of the molecule is COc1cccc(C(=O)Sc2cnc3n2C2=C(C)C(OC)C(C)=CC24C=CC=C(C(F)(F)F)N34)c1. The third-order valence-electron chi connectivity index (χ3n) is 6.39. The van der Waals surface area contributed by atoms with Gasteiger partial charge < -0.3 is 9.47 Å². The van der Waals surface area contributed by atoms with Crippen LogP contribution < -0.4 is 9.64 Å². The lowest BCUT2D eigenvalue weighted by atomic mass is 9.79. The van der Waals surface area contributed by atoms with Crippen molar-refractivity contribution in [3.63, 3.8) is 0 Å². The monoisotopic (exact) mass is 501 g/mol. The van der Waals surface area contributed by atoms with Crippen LogP contribution in [0.5, 0.6) is 5.75 Å². The number of hydrogen-bond acceptors (Lipinski definition) is 6. The first kappa shape index (κ1) is 23.5. The van der Waals surface area contributed by atoms with Crippen molar-refractivity contribution in [3.05, 3.63) is 77.2 Å². The molecule has 5 rings (SSSR count). The van der Waals surface area contributed by atoms with Crippen LogP contribution in [0.25, 0.3) is 5.70 Å². The number of ether oxygens (including phenoxy) is 2. The highest BCUT2D eigenvalue weighted by Gasteiger charge is 2.57. The van der Waals surface area contributed by atoms with Gasteiger partial charge in [0.05, 0.1) is 19.0 Å². The van der Waals surface area contributed by atoms with Crippen LogP contribution in [0, 0.1) is 0 Å². The molecule has 10 heteroatoms. The second kappa shape index (κ2) is 8.17. The van der Waals surface area contributed by atoms with Gasteiger partial charge >= 0.3 is 6.18 Å². The predicted octanol–water partition coefficient (Wildman–Crippen LogP) is 5.60. The quantitative estimate of drug-likeness (QED) is 0.401. The van der Waals surface area contributed by atoms with E-state index < -0.39 is 23.5 Å². The van der Waals surface area contributed by atoms with Crippen LogP contribution in [-0.2, 0) is 4.74 Å². The van der Waals surface area contributed by atoms with Crippen molar-refractivity contribution in [2.24, 2.45) is 0 Å². The van der Waals surface area contributed by atoms with E-state index in [4.69, 9.17) is 9.47 Å². The third-order valence-corrected chi connectivity index (χ3v) is 7.30. The van der Waals surface area contributed by atoms with Crippen LogP contribution in [0.3, 0.4) is 0 Å². The molecule has 3 aliphatic rings. The average Bonchev–Trinajstić information content (AvgIpc) is 3.33. The summed E-state index contributed by atoms with van der Waals surface area (Å²) < 4.78 is 55.0. The van der Waals surface area contributed by atoms with Gasteiger partial charge in [0.2, 0.25) is 11.1 Å². The molecule has 0 saturated heterocycles. The van der Waals surface area contributed by atoms with Gasteiger partial charge in [-0.25, -0.2) is 4.98 Å². The third kappa shape index (κ3) is 3.46. The standard InChI is InChI=1S/C25H22F3N3O3S/c1-14-12-24-10-6-9-18(25(26,27)28)31(24)23-29-13-19(30(23)21(24)15(2)20(14)34-4)35-22(32)16-7-5-8-17(11-16)33-3/h5-13,20H,1-4H3. The second-order valence-electron chi connectivity index (χ2n) is 8.46. The number of fused-ring (bicyclic) bond motifs is 3. The Morgan fingerprint density at radius 2 is 2.00 bits per heavy atom. The lowest BCUT2D eigenvalue weighted by molar-refractivity contribution is -0.0941. The Morgan fingerprint density at radius 3 is 2.69 bits per heavy atom. The number of allylic oxidation sites excluding steroid dienone is 3. The van der Waals surface area contributed by atoms with E-state index in [1.807, 2.05) is 13.8 Å². The van der Waals surface area contributed by atoms with Crippen molar-refractivity contribution < 1.29 is 27.4 Å². The Hall–Kier alpha value is -3.24. The van der Waals surface area contributed by atoms with Crippen LogP contribution in [0.2, 0.25) is 0 Å². The van der Waals surface area contributed by atoms with Crippen LogP contribution in [-0.4, -0.2) is 46.7 Å². The summed E-state index contributed by atoms with van der Waals surface area (Å²) in [5, 5.41) is 0.130. The zero-order valence-electron chi connectivity index (χ0n) is 19.4. The molecule has 182 valence electrons. The molecule has 2 unspecified atom stereocenters. The molecular weight excluding hydrogens is 479 g/mol. The normalized spacial score (nSPS) is 22.9. The first-order valence-corrected chi connectivity index (χ1v) is 11.6. The lowest BCUT2D eigenvalue weighted by Crippen LogP contribution is -2.50. The molecule has 1 aromatic carbocycles. The van der Waals surface area contributed by atoms with Crippen molar-refractivity contribution in [2.75, 3.05) is 19.1 Å². The summed E-state index contributed by atoms with van der Waals surface area (Å²) in [4.78, 5) is 18.7. The van der Waals surface area contributed by atoms with E-state index in [2.05, 4.69) is 4.98 Å². The number of aromatic nitrogens is 2. The first-order valence-electron chi connectivity index (χ1n) is 10.8. The molecule has 0 amide bonds. The molecule has 1 aliphatic carbocycles. The molecule has 35 heavy (non-hydrogen) atoms. The van der Waals surface area contributed by atoms with E-state index in [1.165, 1.54) is 24.3 Å². The molecule has 0 bridgehead atoms. The van der Waals surface area contributed by atoms with Gasteiger partial charge in [0, 0.05) is 12.7 Å². The summed E-state index contributed by atoms with van der Waals surface area (Å²) in [7, 11) is 3.07. The van der Waals surface area contributed by atoms with E-state index in [-0.39, 0.29) is 11.1 Å². The number of carbonyl (C=O) groups is 1. The number of alkyl halides is 3. The molecular formula is C25H22F3N3O3S. The molecule has 0 fully saturated rings. The topological polar surface area (TPSA) is 56.6 Å². The summed E-state index contributed by atoms with van der Waals surface area (Å²) >= 11 is 0.905. The zero-order valence-corrected chi connectivity index (χ0v) is 20.2. The Morgan fingerprint density at radius 1 is 1.23 bits per heavy atom. The van der Waals surface area contributed by atoms with Crippen molar-refractivity contribution in [3.8, 4) is 5.75 Å². The van der Waals surface area contributed by atoms with Gasteiger partial charge in [0.15, 0.2) is 0 Å². The van der Waals surface area contributed by atoms with Crippen molar-refractivity contribution in [2.45, 2.75) is 36.7 Å². The number of nitrogens with zero attached hydrogens (tertiary/aromatic N) is 3. The first-order chi connectivity index (χ1) is 16.6. The molecule has 2 aliphatic heterocycles. The van der Waals surface area contributed by atoms with Crippen LogP contribution in [0.4, 0.5) is 19.1 Å². The number of benzene rings is 1. The Bertz CT molecular complexity index is 1360. The minimum atomic E-state index is -4.61. The van der Waals surface area contributed by atoms with Crippen LogP contribution >= 0.6 is 11.8 Å². The Kier molecular flexibility index (Phi) is 5.48. The highest BCUT2D eigenvalue weighted by molar-refractivity contribution is 8.14. The second-order valence-corrected chi connectivity index (χ2v) is 9.45. The summed E-state index contributed by atoms with van der Waals surface area (Å²) in [5.41, 5.74) is 0.462. The van der Waals surface area contributed by atoms with Gasteiger partial charge in [-0.3, -0.25) is 14.3 Å². The molecule has 1 aromatic heterocycles. The van der Waals surface area contributed by atoms with E-state index in [1.54, 1.807) is 48.1 Å². The summed E-state index contributed by atoms with van der Waals surface area (Å²) in [6, 6.07) is 6.72. The van der Waals surface area contributed by atoms with Gasteiger partial charge in [-0.2, -0.15) is 13.2 Å². The number of anilines is 1. The van der Waals surface area contributed by atoms with Gasteiger partial charge in [0.25, 0.3) is 0 Å². The van der Waals surface area contributed by atoms with E-state index in [9.17, 15) is 18.0 Å². The number of carbonyl (C=O) groups excluding carboxylic acids is 1. The molecule has 0 saturated carbocycles. The number of methoxy groups -OCH3 is 2. The van der Waals surface area contributed by atoms with E-state index in [0.29, 0.717) is 22.0 Å². The maximum atomic E-state index is 14.2. The Labute approximate surface area is 204 Å². The van der Waals surface area contributed by atoms with Gasteiger partial charge in [0.1, 0.15) is 28.1 Å². The molecule has 6 nitrogen and oxygen atoms in total. The molecule has 0 N–H and O–H groups in total. The molecule has 1 spiro atoms. The van der Waals surface area contributed by atoms with Crippen molar-refractivity contribution >= 4 is 28.5 Å². The number of hydrogen-bond donors (Lipinski definition) is 0. The maximum absolute atomic E-state index is 14.2. The molecule has 2 atom stereocenters. The summed E-state index contributed by atoms with van der Waals surface area (Å²) in [5.74, 6) is 0.625. The zero-order chi connectivity index (χ0) is 25.1. The smallest absolute Gasteiger partial charge is 0.431 e. The molecule has 0 radical (unpaired) electrons. The highest BCUT2D eigenvalue weighted by Crippen LogP contribution is 2.55. The minimum absolute atomic E-state index is 0.0917. The summed E-state index contributed by atoms with van der Waals surface area (Å²) in [6.07, 6.45) is 2.39. The average molecular weight is 502 g/mol. The van der Waals surface area contributed by atoms with Gasteiger partial charge in [-0.05, 0) is 67.1 Å². The fourth-order valence-corrected chi connectivity index (χ4v) is 5.89. The Balaban J connectivity index is 1.67. The summed E-state index contributed by atoms with van der Waals surface area (Å²) in [6.45, 7) is 3.68. The van der Waals surface area contributed by atoms with Crippen molar-refractivity contribution in [1.29, 1.82) is 0 Å². The molecule has 3 heterocycles. The fraction of sp³-hybridized carbons (Fsp3) is 0.280. The van der Waals surface area contributed by atoms with Crippen LogP contribution in [0.15, 0.2) is 76.6 Å². The van der Waals surface area contributed by atoms with E-state index in [0.717, 1.165) is 29.0 Å². The largest absolute Gasteiger partial charge is 0.497 e. The predicted molar refractivity (Wildman–Crippen MR) is 127 cm³/mol. The number of halogens is 3. The van der Waals surface area contributed by atoms with Gasteiger partial charge in [-0.15, -0.1) is 0 Å². The van der Waals surface area contributed by atoms with Gasteiger partial charge in [-0.1, -0.05) is 18.2 Å². The molecule has 2 aromatic rings. The maximum Gasteiger partial charge on any atom is 0.431 e. The fourth-order valence-electron chi connectivity index (χ4n) is 5.09.